The Morgan fingerprint density at radius 1 is 0.958 bits per heavy atom. The van der Waals surface area contributed by atoms with Crippen LogP contribution in [0.2, 0.25) is 0 Å². The van der Waals surface area contributed by atoms with Crippen LogP contribution in [-0.2, 0) is 6.61 Å². The van der Waals surface area contributed by atoms with E-state index < -0.39 is 0 Å². The Morgan fingerprint density at radius 2 is 1.71 bits per heavy atom. The number of piperidine rings is 1. The zero-order chi connectivity index (χ0) is 16.2. The van der Waals surface area contributed by atoms with Crippen molar-refractivity contribution in [1.82, 2.24) is 10.6 Å². The number of benzene rings is 2. The van der Waals surface area contributed by atoms with Crippen LogP contribution in [0.25, 0.3) is 0 Å². The van der Waals surface area contributed by atoms with Gasteiger partial charge in [0.2, 0.25) is 0 Å². The molecule has 0 radical (unpaired) electrons. The van der Waals surface area contributed by atoms with Gasteiger partial charge in [-0.05, 0) is 55.6 Å². The number of rotatable bonds is 6. The highest BCUT2D eigenvalue weighted by molar-refractivity contribution is 5.34. The summed E-state index contributed by atoms with van der Waals surface area (Å²) in [5, 5.41) is 7.26. The summed E-state index contributed by atoms with van der Waals surface area (Å²) < 4.78 is 5.87. The molecule has 2 aliphatic rings. The second-order valence-electron chi connectivity index (χ2n) is 6.98. The Balaban J connectivity index is 1.27. The van der Waals surface area contributed by atoms with Crippen LogP contribution in [0.1, 0.15) is 36.3 Å². The molecule has 3 heteroatoms. The summed E-state index contributed by atoms with van der Waals surface area (Å²) in [4.78, 5) is 0. The van der Waals surface area contributed by atoms with Gasteiger partial charge in [-0.3, -0.25) is 0 Å². The van der Waals surface area contributed by atoms with E-state index in [-0.39, 0.29) is 0 Å². The van der Waals surface area contributed by atoms with Gasteiger partial charge in [0, 0.05) is 18.0 Å². The molecule has 0 bridgehead atoms. The monoisotopic (exact) mass is 322 g/mol. The van der Waals surface area contributed by atoms with Gasteiger partial charge in [-0.2, -0.15) is 0 Å². The lowest BCUT2D eigenvalue weighted by Crippen LogP contribution is -2.41. The molecule has 4 rings (SSSR count). The fraction of sp³-hybridized carbons (Fsp3) is 0.429. The van der Waals surface area contributed by atoms with Gasteiger partial charge < -0.3 is 15.4 Å². The van der Waals surface area contributed by atoms with Gasteiger partial charge in [0.1, 0.15) is 12.4 Å². The fourth-order valence-corrected chi connectivity index (χ4v) is 3.59. The quantitative estimate of drug-likeness (QED) is 0.854. The van der Waals surface area contributed by atoms with Crippen LogP contribution in [0.5, 0.6) is 5.75 Å². The van der Waals surface area contributed by atoms with Crippen molar-refractivity contribution in [2.45, 2.75) is 43.9 Å². The zero-order valence-corrected chi connectivity index (χ0v) is 14.1. The topological polar surface area (TPSA) is 33.3 Å². The summed E-state index contributed by atoms with van der Waals surface area (Å²) in [5.41, 5.74) is 2.64. The minimum Gasteiger partial charge on any atom is -0.489 e. The molecule has 2 N–H and O–H groups in total. The molecule has 2 atom stereocenters. The maximum atomic E-state index is 5.87. The van der Waals surface area contributed by atoms with Crippen LogP contribution >= 0.6 is 0 Å². The van der Waals surface area contributed by atoms with Crippen molar-refractivity contribution in [2.75, 3.05) is 13.1 Å². The summed E-state index contributed by atoms with van der Waals surface area (Å²) in [6.45, 7) is 2.94. The van der Waals surface area contributed by atoms with Crippen molar-refractivity contribution >= 4 is 0 Å². The maximum Gasteiger partial charge on any atom is 0.119 e. The molecule has 1 heterocycles. The minimum absolute atomic E-state index is 0.628. The van der Waals surface area contributed by atoms with Gasteiger partial charge in [-0.25, -0.2) is 0 Å². The molecule has 0 spiro atoms. The van der Waals surface area contributed by atoms with Crippen LogP contribution in [0, 0.1) is 0 Å². The zero-order valence-electron chi connectivity index (χ0n) is 14.1. The van der Waals surface area contributed by atoms with E-state index in [1.54, 1.807) is 0 Å². The summed E-state index contributed by atoms with van der Waals surface area (Å²) in [7, 11) is 0. The number of ether oxygens (including phenoxy) is 1. The SMILES string of the molecule is c1ccc(COc2ccc(C3CC3NC3CCNCC3)cc2)cc1. The second-order valence-corrected chi connectivity index (χ2v) is 6.98. The van der Waals surface area contributed by atoms with Crippen molar-refractivity contribution < 1.29 is 4.74 Å². The van der Waals surface area contributed by atoms with E-state index in [1.165, 1.54) is 30.4 Å². The highest BCUT2D eigenvalue weighted by Gasteiger charge is 2.39. The molecule has 1 saturated carbocycles. The van der Waals surface area contributed by atoms with E-state index >= 15 is 0 Å². The number of hydrogen-bond acceptors (Lipinski definition) is 3. The Labute approximate surface area is 144 Å². The third kappa shape index (κ3) is 3.97. The summed E-state index contributed by atoms with van der Waals surface area (Å²) in [5.74, 6) is 1.63. The second kappa shape index (κ2) is 7.37. The van der Waals surface area contributed by atoms with Gasteiger partial charge in [0.25, 0.3) is 0 Å². The molecular weight excluding hydrogens is 296 g/mol. The van der Waals surface area contributed by atoms with E-state index in [4.69, 9.17) is 4.74 Å². The van der Waals surface area contributed by atoms with Gasteiger partial charge in [0.05, 0.1) is 0 Å². The maximum absolute atomic E-state index is 5.87. The van der Waals surface area contributed by atoms with E-state index in [0.29, 0.717) is 24.6 Å². The molecule has 2 aromatic rings. The summed E-state index contributed by atoms with van der Waals surface area (Å²) >= 11 is 0. The molecule has 2 fully saturated rings. The smallest absolute Gasteiger partial charge is 0.119 e. The third-order valence-electron chi connectivity index (χ3n) is 5.14. The predicted molar refractivity (Wildman–Crippen MR) is 97.4 cm³/mol. The van der Waals surface area contributed by atoms with Crippen LogP contribution in [0.4, 0.5) is 0 Å². The van der Waals surface area contributed by atoms with Crippen molar-refractivity contribution in [3.8, 4) is 5.75 Å². The Hall–Kier alpha value is -1.84. The van der Waals surface area contributed by atoms with Crippen LogP contribution in [0.15, 0.2) is 54.6 Å². The molecular formula is C21H26N2O. The molecule has 0 amide bonds. The Kier molecular flexibility index (Phi) is 4.81. The van der Waals surface area contributed by atoms with Gasteiger partial charge in [-0.1, -0.05) is 42.5 Å². The highest BCUT2D eigenvalue weighted by atomic mass is 16.5. The predicted octanol–water partition coefficient (Wildman–Crippen LogP) is 3.46. The minimum atomic E-state index is 0.628. The molecule has 1 aliphatic carbocycles. The lowest BCUT2D eigenvalue weighted by molar-refractivity contribution is 0.306. The highest BCUT2D eigenvalue weighted by Crippen LogP contribution is 2.41. The van der Waals surface area contributed by atoms with E-state index in [2.05, 4.69) is 47.0 Å². The molecule has 24 heavy (non-hydrogen) atoms. The van der Waals surface area contributed by atoms with E-state index in [1.807, 2.05) is 18.2 Å². The van der Waals surface area contributed by atoms with Gasteiger partial charge >= 0.3 is 0 Å². The molecule has 126 valence electrons. The van der Waals surface area contributed by atoms with Crippen LogP contribution in [-0.4, -0.2) is 25.2 Å². The standard InChI is InChI=1S/C21H26N2O/c1-2-4-16(5-3-1)15-24-19-8-6-17(7-9-19)20-14-21(20)23-18-10-12-22-13-11-18/h1-9,18,20-23H,10-15H2. The lowest BCUT2D eigenvalue weighted by atomic mass is 10.1. The van der Waals surface area contributed by atoms with Crippen molar-refractivity contribution in [2.24, 2.45) is 0 Å². The Morgan fingerprint density at radius 3 is 2.46 bits per heavy atom. The molecule has 2 unspecified atom stereocenters. The fourth-order valence-electron chi connectivity index (χ4n) is 3.59. The first-order valence-electron chi connectivity index (χ1n) is 9.12. The summed E-state index contributed by atoms with van der Waals surface area (Å²) in [6.07, 6.45) is 3.79. The van der Waals surface area contributed by atoms with E-state index in [0.717, 1.165) is 18.8 Å². The molecule has 2 aromatic carbocycles. The van der Waals surface area contributed by atoms with Crippen molar-refractivity contribution in [3.05, 3.63) is 65.7 Å². The molecule has 1 saturated heterocycles. The number of hydrogen-bond donors (Lipinski definition) is 2. The van der Waals surface area contributed by atoms with Gasteiger partial charge in [0.15, 0.2) is 0 Å². The number of nitrogens with one attached hydrogen (secondary N) is 2. The van der Waals surface area contributed by atoms with Gasteiger partial charge in [-0.15, -0.1) is 0 Å². The van der Waals surface area contributed by atoms with E-state index in [9.17, 15) is 0 Å². The molecule has 3 nitrogen and oxygen atoms in total. The first-order chi connectivity index (χ1) is 11.9. The largest absolute Gasteiger partial charge is 0.489 e. The van der Waals surface area contributed by atoms with Crippen molar-refractivity contribution in [3.63, 3.8) is 0 Å². The molecule has 0 aromatic heterocycles. The average molecular weight is 322 g/mol. The normalized spacial score (nSPS) is 23.8. The third-order valence-corrected chi connectivity index (χ3v) is 5.14. The summed E-state index contributed by atoms with van der Waals surface area (Å²) in [6, 6.07) is 20.4. The first kappa shape index (κ1) is 15.7. The van der Waals surface area contributed by atoms with Crippen LogP contribution in [0.3, 0.4) is 0 Å². The first-order valence-corrected chi connectivity index (χ1v) is 9.12. The average Bonchev–Trinajstić information content (AvgIpc) is 3.41. The lowest BCUT2D eigenvalue weighted by Gasteiger charge is -2.24. The molecule has 1 aliphatic heterocycles. The van der Waals surface area contributed by atoms with Crippen molar-refractivity contribution in [1.29, 1.82) is 0 Å². The van der Waals surface area contributed by atoms with Crippen LogP contribution < -0.4 is 15.4 Å². The Bertz CT molecular complexity index is 635.